The van der Waals surface area contributed by atoms with E-state index in [4.69, 9.17) is 5.11 Å². The van der Waals surface area contributed by atoms with E-state index in [1.54, 1.807) is 0 Å². The molecule has 16 heteroatoms. The standard InChI is InChI=1S/C10H6F6O8S2/c11-9(12,13)25(19,20)23-6-1-5(3-8(17)18)2-7(4-6)24-26(21,22)10(14,15)16/h1-2,4H,3H2,(H,17,18). The minimum atomic E-state index is -6.26. The molecule has 0 aliphatic heterocycles. The maximum Gasteiger partial charge on any atom is 0.534 e. The van der Waals surface area contributed by atoms with Crippen LogP contribution in [0.25, 0.3) is 0 Å². The molecule has 0 spiro atoms. The van der Waals surface area contributed by atoms with Crippen LogP contribution >= 0.6 is 0 Å². The second-order valence-electron chi connectivity index (χ2n) is 4.35. The van der Waals surface area contributed by atoms with Crippen molar-refractivity contribution in [3.63, 3.8) is 0 Å². The van der Waals surface area contributed by atoms with Crippen LogP contribution in [0.15, 0.2) is 18.2 Å². The van der Waals surface area contributed by atoms with Crippen LogP contribution in [0.4, 0.5) is 26.3 Å². The fraction of sp³-hybridized carbons (Fsp3) is 0.300. The van der Waals surface area contributed by atoms with Gasteiger partial charge < -0.3 is 13.5 Å². The van der Waals surface area contributed by atoms with Gasteiger partial charge in [0.25, 0.3) is 0 Å². The Morgan fingerprint density at radius 2 is 1.19 bits per heavy atom. The van der Waals surface area contributed by atoms with Gasteiger partial charge in [0, 0.05) is 6.07 Å². The Kier molecular flexibility index (Phi) is 5.72. The van der Waals surface area contributed by atoms with Gasteiger partial charge in [-0.15, -0.1) is 0 Å². The highest BCUT2D eigenvalue weighted by atomic mass is 32.2. The fourth-order valence-electron chi connectivity index (χ4n) is 1.35. The Morgan fingerprint density at radius 1 is 0.846 bits per heavy atom. The molecule has 0 saturated heterocycles. The Balaban J connectivity index is 3.39. The molecule has 0 fully saturated rings. The number of benzene rings is 1. The number of rotatable bonds is 6. The largest absolute Gasteiger partial charge is 0.534 e. The summed E-state index contributed by atoms with van der Waals surface area (Å²) in [4.78, 5) is 10.6. The smallest absolute Gasteiger partial charge is 0.481 e. The predicted molar refractivity (Wildman–Crippen MR) is 69.0 cm³/mol. The Hall–Kier alpha value is -2.23. The zero-order chi connectivity index (χ0) is 20.6. The first-order valence-electron chi connectivity index (χ1n) is 5.82. The summed E-state index contributed by atoms with van der Waals surface area (Å²) < 4.78 is 125. The lowest BCUT2D eigenvalue weighted by Crippen LogP contribution is -2.29. The van der Waals surface area contributed by atoms with Crippen molar-refractivity contribution in [1.29, 1.82) is 0 Å². The first-order chi connectivity index (χ1) is 11.4. The lowest BCUT2D eigenvalue weighted by atomic mass is 10.1. The second kappa shape index (κ2) is 6.82. The summed E-state index contributed by atoms with van der Waals surface area (Å²) in [7, 11) is -12.5. The van der Waals surface area contributed by atoms with Crippen LogP contribution in [-0.2, 0) is 31.5 Å². The van der Waals surface area contributed by atoms with E-state index >= 15 is 0 Å². The molecule has 0 radical (unpaired) electrons. The summed E-state index contributed by atoms with van der Waals surface area (Å²) in [5, 5.41) is 8.59. The van der Waals surface area contributed by atoms with Crippen LogP contribution in [-0.4, -0.2) is 38.9 Å². The molecule has 26 heavy (non-hydrogen) atoms. The SMILES string of the molecule is O=C(O)Cc1cc(OS(=O)(=O)C(F)(F)F)cc(OS(=O)(=O)C(F)(F)F)c1. The van der Waals surface area contributed by atoms with Gasteiger partial charge in [0.15, 0.2) is 0 Å². The maximum absolute atomic E-state index is 12.3. The van der Waals surface area contributed by atoms with Crippen LogP contribution in [0.5, 0.6) is 11.5 Å². The van der Waals surface area contributed by atoms with Crippen molar-refractivity contribution in [2.45, 2.75) is 17.4 Å². The van der Waals surface area contributed by atoms with E-state index in [1.165, 1.54) is 0 Å². The molecule has 1 N–H and O–H groups in total. The van der Waals surface area contributed by atoms with Gasteiger partial charge in [-0.1, -0.05) is 0 Å². The summed E-state index contributed by atoms with van der Waals surface area (Å²) in [6, 6.07) is 0.965. The Labute approximate surface area is 141 Å². The Morgan fingerprint density at radius 3 is 1.46 bits per heavy atom. The minimum absolute atomic E-state index is 0.0952. The van der Waals surface area contributed by atoms with Gasteiger partial charge in [0.05, 0.1) is 6.42 Å². The van der Waals surface area contributed by atoms with E-state index in [9.17, 15) is 48.0 Å². The quantitative estimate of drug-likeness (QED) is 0.410. The van der Waals surface area contributed by atoms with Crippen molar-refractivity contribution in [3.8, 4) is 11.5 Å². The number of hydrogen-bond acceptors (Lipinski definition) is 7. The van der Waals surface area contributed by atoms with Gasteiger partial charge in [0.2, 0.25) is 0 Å². The molecule has 148 valence electrons. The zero-order valence-corrected chi connectivity index (χ0v) is 13.5. The molecule has 0 saturated carbocycles. The molecule has 0 aromatic heterocycles. The van der Waals surface area contributed by atoms with Crippen molar-refractivity contribution >= 4 is 26.2 Å². The number of hydrogen-bond donors (Lipinski definition) is 1. The summed E-state index contributed by atoms with van der Waals surface area (Å²) in [6.45, 7) is 0. The van der Waals surface area contributed by atoms with Gasteiger partial charge in [-0.3, -0.25) is 4.79 Å². The van der Waals surface area contributed by atoms with Gasteiger partial charge in [-0.05, 0) is 17.7 Å². The lowest BCUT2D eigenvalue weighted by Gasteiger charge is -2.13. The number of halogens is 6. The van der Waals surface area contributed by atoms with E-state index in [0.29, 0.717) is 12.1 Å². The molecule has 0 heterocycles. The number of carbonyl (C=O) groups is 1. The normalized spacial score (nSPS) is 13.3. The first kappa shape index (κ1) is 21.8. The molecule has 0 aliphatic carbocycles. The monoisotopic (exact) mass is 432 g/mol. The van der Waals surface area contributed by atoms with Gasteiger partial charge >= 0.3 is 37.2 Å². The predicted octanol–water partition coefficient (Wildman–Crippen LogP) is 1.77. The summed E-state index contributed by atoms with van der Waals surface area (Å²) in [5.74, 6) is -4.24. The number of aliphatic carboxylic acids is 1. The van der Waals surface area contributed by atoms with E-state index in [2.05, 4.69) is 8.37 Å². The minimum Gasteiger partial charge on any atom is -0.481 e. The molecule has 0 bridgehead atoms. The highest BCUT2D eigenvalue weighted by Crippen LogP contribution is 2.33. The molecule has 8 nitrogen and oxygen atoms in total. The third kappa shape index (κ3) is 5.38. The van der Waals surface area contributed by atoms with E-state index in [0.717, 1.165) is 0 Å². The van der Waals surface area contributed by atoms with Crippen molar-refractivity contribution in [3.05, 3.63) is 23.8 Å². The highest BCUT2D eigenvalue weighted by Gasteiger charge is 2.50. The number of alkyl halides is 6. The maximum atomic E-state index is 12.3. The lowest BCUT2D eigenvalue weighted by molar-refractivity contribution is -0.136. The number of carboxylic acids is 1. The fourth-order valence-corrected chi connectivity index (χ4v) is 2.24. The first-order valence-corrected chi connectivity index (χ1v) is 8.63. The van der Waals surface area contributed by atoms with Crippen LogP contribution in [0, 0.1) is 0 Å². The van der Waals surface area contributed by atoms with Crippen molar-refractivity contribution in [2.75, 3.05) is 0 Å². The number of carboxylic acid groups (broad SMARTS) is 1. The highest BCUT2D eigenvalue weighted by molar-refractivity contribution is 7.88. The van der Waals surface area contributed by atoms with Crippen LogP contribution < -0.4 is 8.37 Å². The summed E-state index contributed by atoms with van der Waals surface area (Å²) in [5.41, 5.74) is -12.4. The molecular formula is C10H6F6O8S2. The second-order valence-corrected chi connectivity index (χ2v) is 7.43. The van der Waals surface area contributed by atoms with Crippen LogP contribution in [0.2, 0.25) is 0 Å². The van der Waals surface area contributed by atoms with Crippen molar-refractivity contribution in [1.82, 2.24) is 0 Å². The van der Waals surface area contributed by atoms with Gasteiger partial charge in [0.1, 0.15) is 11.5 Å². The molecule has 1 aromatic carbocycles. The van der Waals surface area contributed by atoms with Crippen LogP contribution in [0.3, 0.4) is 0 Å². The third-order valence-corrected chi connectivity index (χ3v) is 4.23. The molecule has 0 unspecified atom stereocenters. The average molecular weight is 432 g/mol. The summed E-state index contributed by atoms with van der Waals surface area (Å²) >= 11 is 0. The van der Waals surface area contributed by atoms with Gasteiger partial charge in [-0.25, -0.2) is 0 Å². The van der Waals surface area contributed by atoms with E-state index in [-0.39, 0.29) is 6.07 Å². The molecule has 1 aromatic rings. The van der Waals surface area contributed by atoms with Crippen molar-refractivity contribution in [2.24, 2.45) is 0 Å². The zero-order valence-electron chi connectivity index (χ0n) is 11.8. The molecule has 0 amide bonds. The summed E-state index contributed by atoms with van der Waals surface area (Å²) in [6.07, 6.45) is -1.02. The third-order valence-electron chi connectivity index (χ3n) is 2.27. The van der Waals surface area contributed by atoms with Gasteiger partial charge in [-0.2, -0.15) is 43.2 Å². The van der Waals surface area contributed by atoms with Crippen molar-refractivity contribution < 1.29 is 61.4 Å². The molecular weight excluding hydrogens is 426 g/mol. The molecule has 0 atom stereocenters. The van der Waals surface area contributed by atoms with Crippen LogP contribution in [0.1, 0.15) is 5.56 Å². The topological polar surface area (TPSA) is 124 Å². The van der Waals surface area contributed by atoms with E-state index < -0.39 is 60.7 Å². The average Bonchev–Trinajstić information content (AvgIpc) is 2.32. The van der Waals surface area contributed by atoms with E-state index in [1.807, 2.05) is 0 Å². The molecule has 1 rings (SSSR count). The Bertz CT molecular complexity index is 836. The molecule has 0 aliphatic rings.